The Kier molecular flexibility index (Phi) is 10.5. The van der Waals surface area contributed by atoms with E-state index in [9.17, 15) is 34.5 Å². The number of hydrogen-bond donors (Lipinski definition) is 8. The molecule has 2 aliphatic heterocycles. The number of aromatic nitrogens is 4. The maximum absolute atomic E-state index is 13.1. The monoisotopic (exact) mass is 716 g/mol. The van der Waals surface area contributed by atoms with Crippen LogP contribution in [0.4, 0.5) is 9.59 Å². The molecule has 2 aliphatic rings. The quantitative estimate of drug-likeness (QED) is 0.118. The number of rotatable bonds is 10. The number of nitrogens with zero attached hydrogens (tertiary/aromatic N) is 4. The number of aromatic amines is 2. The Bertz CT molecular complexity index is 1910. The van der Waals surface area contributed by atoms with Crippen LogP contribution in [0.3, 0.4) is 0 Å². The van der Waals surface area contributed by atoms with Gasteiger partial charge in [0, 0.05) is 25.9 Å². The third-order valence-corrected chi connectivity index (χ3v) is 9.34. The SMILES string of the molecule is COC(=O)N[C@@H](C)C(=O)N1C[C@H](O)C[C@H]1c1ncc(-c2ccc(-c3ccc(-c4cnc([C@@H]5C[C@@H](O)CN5C(=O)[C@H](CO)NC(=O)O)[nH]4)cc3)cc2)[nH]1. The predicted molar refractivity (Wildman–Crippen MR) is 184 cm³/mol. The number of benzene rings is 2. The summed E-state index contributed by atoms with van der Waals surface area (Å²) in [7, 11) is 1.22. The average molecular weight is 717 g/mol. The lowest BCUT2D eigenvalue weighted by atomic mass is 10.0. The van der Waals surface area contributed by atoms with Crippen LogP contribution in [0.2, 0.25) is 0 Å². The number of carbonyl (C=O) groups excluding carboxylic acids is 3. The maximum atomic E-state index is 13.1. The number of carboxylic acid groups (broad SMARTS) is 1. The van der Waals surface area contributed by atoms with Gasteiger partial charge in [-0.2, -0.15) is 0 Å². The molecule has 8 N–H and O–H groups in total. The molecular formula is C35H40N8O9. The molecule has 17 nitrogen and oxygen atoms in total. The Hall–Kier alpha value is -5.78. The van der Waals surface area contributed by atoms with E-state index >= 15 is 0 Å². The van der Waals surface area contributed by atoms with E-state index in [4.69, 9.17) is 5.11 Å². The Morgan fingerprint density at radius 1 is 0.788 bits per heavy atom. The highest BCUT2D eigenvalue weighted by Crippen LogP contribution is 2.35. The summed E-state index contributed by atoms with van der Waals surface area (Å²) in [5, 5.41) is 43.8. The average Bonchev–Trinajstić information content (AvgIpc) is 3.96. The molecule has 2 aromatic heterocycles. The van der Waals surface area contributed by atoms with Crippen LogP contribution in [-0.2, 0) is 14.3 Å². The summed E-state index contributed by atoms with van der Waals surface area (Å²) in [5.41, 5.74) is 5.05. The fourth-order valence-electron chi connectivity index (χ4n) is 6.70. The van der Waals surface area contributed by atoms with Crippen molar-refractivity contribution < 1.29 is 44.3 Å². The van der Waals surface area contributed by atoms with Crippen LogP contribution in [0.5, 0.6) is 0 Å². The number of aliphatic hydroxyl groups excluding tert-OH is 3. The smallest absolute Gasteiger partial charge is 0.407 e. The third kappa shape index (κ3) is 7.60. The van der Waals surface area contributed by atoms with Crippen LogP contribution in [0.1, 0.15) is 43.5 Å². The first kappa shape index (κ1) is 36.0. The number of β-amino-alcohol motifs (C(OH)–C–C–N with tert-alkyl or cyclic N) is 2. The van der Waals surface area contributed by atoms with E-state index in [1.54, 1.807) is 19.3 Å². The number of amides is 4. The topological polar surface area (TPSA) is 246 Å². The number of aliphatic hydroxyl groups is 3. The summed E-state index contributed by atoms with van der Waals surface area (Å²) < 4.78 is 4.60. The molecule has 0 radical (unpaired) electrons. The van der Waals surface area contributed by atoms with Gasteiger partial charge in [-0.3, -0.25) is 9.59 Å². The summed E-state index contributed by atoms with van der Waals surface area (Å²) >= 11 is 0. The lowest BCUT2D eigenvalue weighted by Gasteiger charge is -2.26. The number of alkyl carbamates (subject to hydrolysis) is 1. The van der Waals surface area contributed by atoms with Crippen molar-refractivity contribution in [2.45, 2.75) is 56.1 Å². The van der Waals surface area contributed by atoms with Crippen LogP contribution >= 0.6 is 0 Å². The van der Waals surface area contributed by atoms with Crippen LogP contribution in [0, 0.1) is 0 Å². The van der Waals surface area contributed by atoms with Crippen LogP contribution in [0.25, 0.3) is 33.6 Å². The molecule has 0 bridgehead atoms. The lowest BCUT2D eigenvalue weighted by Crippen LogP contribution is -2.50. The van der Waals surface area contributed by atoms with E-state index in [0.29, 0.717) is 23.8 Å². The summed E-state index contributed by atoms with van der Waals surface area (Å²) in [4.78, 5) is 67.1. The molecule has 4 amide bonds. The van der Waals surface area contributed by atoms with E-state index in [1.807, 2.05) is 53.8 Å². The molecule has 0 unspecified atom stereocenters. The van der Waals surface area contributed by atoms with Gasteiger partial charge in [0.2, 0.25) is 11.8 Å². The van der Waals surface area contributed by atoms with Gasteiger partial charge in [-0.05, 0) is 29.2 Å². The largest absolute Gasteiger partial charge is 0.465 e. The van der Waals surface area contributed by atoms with Crippen LogP contribution in [0.15, 0.2) is 60.9 Å². The number of likely N-dealkylation sites (tertiary alicyclic amines) is 2. The van der Waals surface area contributed by atoms with Crippen molar-refractivity contribution in [2.24, 2.45) is 0 Å². The predicted octanol–water partition coefficient (Wildman–Crippen LogP) is 1.78. The Balaban J connectivity index is 1.12. The second kappa shape index (κ2) is 15.2. The number of hydrogen-bond acceptors (Lipinski definition) is 10. The number of nitrogens with one attached hydrogen (secondary N) is 4. The molecule has 0 spiro atoms. The number of H-pyrrole nitrogens is 2. The number of methoxy groups -OCH3 is 1. The van der Waals surface area contributed by atoms with Gasteiger partial charge in [0.1, 0.15) is 23.7 Å². The first-order valence-electron chi connectivity index (χ1n) is 16.7. The van der Waals surface area contributed by atoms with Crippen molar-refractivity contribution in [3.63, 3.8) is 0 Å². The van der Waals surface area contributed by atoms with Crippen LogP contribution in [-0.4, -0.2) is 125 Å². The summed E-state index contributed by atoms with van der Waals surface area (Å²) in [6, 6.07) is 12.3. The fourth-order valence-corrected chi connectivity index (χ4v) is 6.70. The summed E-state index contributed by atoms with van der Waals surface area (Å²) in [6.45, 7) is 0.932. The highest BCUT2D eigenvalue weighted by Gasteiger charge is 2.41. The Morgan fingerprint density at radius 3 is 1.65 bits per heavy atom. The number of ether oxygens (including phenoxy) is 1. The molecule has 2 saturated heterocycles. The minimum absolute atomic E-state index is 0.0202. The van der Waals surface area contributed by atoms with E-state index in [-0.39, 0.29) is 25.4 Å². The van der Waals surface area contributed by atoms with Gasteiger partial charge < -0.3 is 55.6 Å². The molecule has 52 heavy (non-hydrogen) atoms. The van der Waals surface area contributed by atoms with E-state index in [2.05, 4.69) is 30.0 Å². The van der Waals surface area contributed by atoms with Gasteiger partial charge in [0.25, 0.3) is 0 Å². The van der Waals surface area contributed by atoms with Gasteiger partial charge in [0.05, 0.1) is 61.8 Å². The molecule has 274 valence electrons. The molecule has 17 heteroatoms. The van der Waals surface area contributed by atoms with Crippen molar-refractivity contribution in [1.82, 2.24) is 40.4 Å². The molecule has 6 atom stereocenters. The molecule has 2 aromatic carbocycles. The van der Waals surface area contributed by atoms with E-state index < -0.39 is 61.1 Å². The second-order valence-electron chi connectivity index (χ2n) is 12.9. The number of carbonyl (C=O) groups is 4. The van der Waals surface area contributed by atoms with Crippen molar-refractivity contribution in [3.8, 4) is 33.6 Å². The van der Waals surface area contributed by atoms with Crippen molar-refractivity contribution in [3.05, 3.63) is 72.6 Å². The lowest BCUT2D eigenvalue weighted by molar-refractivity contribution is -0.136. The zero-order chi connectivity index (χ0) is 37.1. The highest BCUT2D eigenvalue weighted by atomic mass is 16.5. The molecule has 4 aromatic rings. The minimum Gasteiger partial charge on any atom is -0.465 e. The van der Waals surface area contributed by atoms with Crippen molar-refractivity contribution >= 4 is 24.0 Å². The van der Waals surface area contributed by atoms with Crippen molar-refractivity contribution in [2.75, 3.05) is 26.8 Å². The molecule has 0 saturated carbocycles. The van der Waals surface area contributed by atoms with Gasteiger partial charge in [0.15, 0.2) is 0 Å². The normalized spacial score (nSPS) is 21.1. The van der Waals surface area contributed by atoms with Gasteiger partial charge in [-0.25, -0.2) is 19.6 Å². The zero-order valence-corrected chi connectivity index (χ0v) is 28.4. The summed E-state index contributed by atoms with van der Waals surface area (Å²) in [6.07, 6.45) is 0.0954. The maximum Gasteiger partial charge on any atom is 0.407 e. The zero-order valence-electron chi connectivity index (χ0n) is 28.4. The molecule has 4 heterocycles. The Morgan fingerprint density at radius 2 is 1.23 bits per heavy atom. The highest BCUT2D eigenvalue weighted by molar-refractivity contribution is 5.86. The fraction of sp³-hybridized carbons (Fsp3) is 0.371. The summed E-state index contributed by atoms with van der Waals surface area (Å²) in [5.74, 6) is -0.0485. The van der Waals surface area contributed by atoms with Crippen molar-refractivity contribution in [1.29, 1.82) is 0 Å². The first-order chi connectivity index (χ1) is 24.9. The molecule has 0 aliphatic carbocycles. The first-order valence-corrected chi connectivity index (χ1v) is 16.7. The van der Waals surface area contributed by atoms with E-state index in [0.717, 1.165) is 27.9 Å². The second-order valence-corrected chi connectivity index (χ2v) is 12.9. The van der Waals surface area contributed by atoms with Gasteiger partial charge in [-0.15, -0.1) is 0 Å². The minimum atomic E-state index is -1.44. The van der Waals surface area contributed by atoms with Gasteiger partial charge >= 0.3 is 12.2 Å². The molecular weight excluding hydrogens is 676 g/mol. The standard InChI is InChI=1S/C35H40N8O9/c1-18(38-35(51)52-2)32(47)42-15-23(45)11-28(42)30-36-13-25(39-30)21-7-3-19(4-8-21)20-5-9-22(10-6-20)26-14-37-31(40-26)29-12-24(46)16-43(29)33(48)27(17-44)41-34(49)50/h3-10,13-14,18,23-24,27-29,41,44-46H,11-12,15-17H2,1-2H3,(H,36,39)(H,37,40)(H,38,51)(H,49,50)/t18-,23+,24+,27-,28-,29-/m0/s1. The Labute approximate surface area is 297 Å². The third-order valence-electron chi connectivity index (χ3n) is 9.34. The van der Waals surface area contributed by atoms with E-state index in [1.165, 1.54) is 16.9 Å². The van der Waals surface area contributed by atoms with Gasteiger partial charge in [-0.1, -0.05) is 48.5 Å². The number of imidazole rings is 2. The molecule has 2 fully saturated rings. The molecule has 6 rings (SSSR count). The van der Waals surface area contributed by atoms with Crippen LogP contribution < -0.4 is 10.6 Å².